The van der Waals surface area contributed by atoms with Gasteiger partial charge in [0.1, 0.15) is 18.1 Å². The number of nitrogens with zero attached hydrogens (tertiary/aromatic N) is 1. The van der Waals surface area contributed by atoms with Gasteiger partial charge in [-0.2, -0.15) is 0 Å². The van der Waals surface area contributed by atoms with Gasteiger partial charge in [-0.05, 0) is 55.8 Å². The third-order valence-corrected chi connectivity index (χ3v) is 4.41. The van der Waals surface area contributed by atoms with E-state index in [0.717, 1.165) is 22.6 Å². The summed E-state index contributed by atoms with van der Waals surface area (Å²) in [6, 6.07) is 14.3. The summed E-state index contributed by atoms with van der Waals surface area (Å²) in [5.74, 6) is 1.06. The molecule has 0 radical (unpaired) electrons. The highest BCUT2D eigenvalue weighted by atomic mass is 16.5. The first kappa shape index (κ1) is 20.1. The van der Waals surface area contributed by atoms with Gasteiger partial charge in [0.25, 0.3) is 5.91 Å². The van der Waals surface area contributed by atoms with E-state index in [1.807, 2.05) is 32.0 Å². The predicted molar refractivity (Wildman–Crippen MR) is 109 cm³/mol. The van der Waals surface area contributed by atoms with E-state index in [4.69, 9.17) is 9.26 Å². The van der Waals surface area contributed by atoms with Crippen molar-refractivity contribution in [3.05, 3.63) is 76.7 Å². The van der Waals surface area contributed by atoms with Gasteiger partial charge in [0, 0.05) is 24.7 Å². The maximum atomic E-state index is 12.5. The zero-order valence-electron chi connectivity index (χ0n) is 16.6. The Kier molecular flexibility index (Phi) is 6.29. The average molecular weight is 393 g/mol. The molecule has 29 heavy (non-hydrogen) atoms. The highest BCUT2D eigenvalue weighted by Gasteiger charge is 2.11. The number of benzene rings is 2. The van der Waals surface area contributed by atoms with E-state index in [1.54, 1.807) is 30.3 Å². The minimum atomic E-state index is -0.223. The number of amides is 2. The summed E-state index contributed by atoms with van der Waals surface area (Å²) >= 11 is 0. The quantitative estimate of drug-likeness (QED) is 0.637. The highest BCUT2D eigenvalue weighted by molar-refractivity contribution is 6.04. The topological polar surface area (TPSA) is 93.5 Å². The minimum Gasteiger partial charge on any atom is -0.489 e. The van der Waals surface area contributed by atoms with Gasteiger partial charge in [0.05, 0.1) is 11.3 Å². The van der Waals surface area contributed by atoms with Gasteiger partial charge in [0.15, 0.2) is 0 Å². The summed E-state index contributed by atoms with van der Waals surface area (Å²) < 4.78 is 10.9. The number of aromatic nitrogens is 1. The fourth-order valence-corrected chi connectivity index (χ4v) is 2.75. The highest BCUT2D eigenvalue weighted by Crippen LogP contribution is 2.19. The molecule has 0 saturated carbocycles. The van der Waals surface area contributed by atoms with Crippen LogP contribution in [0.4, 0.5) is 5.69 Å². The number of anilines is 1. The Balaban J connectivity index is 1.59. The molecule has 0 atom stereocenters. The normalized spacial score (nSPS) is 10.4. The molecule has 2 aromatic carbocycles. The Labute approximate surface area is 169 Å². The molecule has 0 unspecified atom stereocenters. The lowest BCUT2D eigenvalue weighted by Crippen LogP contribution is -2.19. The van der Waals surface area contributed by atoms with E-state index in [9.17, 15) is 9.59 Å². The molecule has 2 amide bonds. The van der Waals surface area contributed by atoms with Crippen LogP contribution in [-0.4, -0.2) is 17.0 Å². The van der Waals surface area contributed by atoms with E-state index < -0.39 is 0 Å². The largest absolute Gasteiger partial charge is 0.489 e. The number of aryl methyl sites for hydroxylation is 2. The molecule has 3 aromatic rings. The van der Waals surface area contributed by atoms with Gasteiger partial charge in [-0.1, -0.05) is 17.3 Å². The maximum Gasteiger partial charge on any atom is 0.255 e. The number of hydrogen-bond donors (Lipinski definition) is 2. The molecule has 2 N–H and O–H groups in total. The summed E-state index contributed by atoms with van der Waals surface area (Å²) in [6.45, 7) is 5.95. The molecule has 0 saturated heterocycles. The van der Waals surface area contributed by atoms with Crippen LogP contribution in [0.15, 0.2) is 53.1 Å². The molecular weight excluding hydrogens is 370 g/mol. The Morgan fingerprint density at radius 1 is 1.10 bits per heavy atom. The van der Waals surface area contributed by atoms with Crippen LogP contribution in [0.1, 0.15) is 39.9 Å². The second-order valence-electron chi connectivity index (χ2n) is 6.68. The molecule has 7 heteroatoms. The molecule has 0 fully saturated rings. The van der Waals surface area contributed by atoms with Crippen molar-refractivity contribution in [3.63, 3.8) is 0 Å². The predicted octanol–water partition coefficient (Wildman–Crippen LogP) is 3.76. The Morgan fingerprint density at radius 2 is 1.86 bits per heavy atom. The third kappa shape index (κ3) is 5.44. The summed E-state index contributed by atoms with van der Waals surface area (Å²) in [5.41, 5.74) is 3.81. The van der Waals surface area contributed by atoms with Crippen LogP contribution < -0.4 is 15.4 Å². The van der Waals surface area contributed by atoms with Gasteiger partial charge in [-0.15, -0.1) is 0 Å². The van der Waals surface area contributed by atoms with Crippen LogP contribution >= 0.6 is 0 Å². The fourth-order valence-electron chi connectivity index (χ4n) is 2.75. The van der Waals surface area contributed by atoms with Crippen molar-refractivity contribution >= 4 is 17.5 Å². The zero-order valence-corrected chi connectivity index (χ0v) is 16.6. The smallest absolute Gasteiger partial charge is 0.255 e. The molecule has 0 aliphatic heterocycles. The summed E-state index contributed by atoms with van der Waals surface area (Å²) in [5, 5.41) is 9.50. The summed E-state index contributed by atoms with van der Waals surface area (Å²) in [4.78, 5) is 23.5. The fraction of sp³-hybridized carbons (Fsp3) is 0.227. The van der Waals surface area contributed by atoms with Crippen LogP contribution in [-0.2, 0) is 17.9 Å². The number of carbonyl (C=O) groups is 2. The van der Waals surface area contributed by atoms with Crippen molar-refractivity contribution in [2.24, 2.45) is 0 Å². The molecule has 0 bridgehead atoms. The molecular formula is C22H23N3O4. The van der Waals surface area contributed by atoms with Crippen molar-refractivity contribution in [2.75, 3.05) is 5.32 Å². The van der Waals surface area contributed by atoms with Crippen LogP contribution in [0.3, 0.4) is 0 Å². The van der Waals surface area contributed by atoms with Crippen molar-refractivity contribution in [1.82, 2.24) is 10.5 Å². The van der Waals surface area contributed by atoms with Crippen molar-refractivity contribution in [3.8, 4) is 5.75 Å². The van der Waals surface area contributed by atoms with E-state index in [2.05, 4.69) is 15.8 Å². The first-order chi connectivity index (χ1) is 13.9. The number of carbonyl (C=O) groups excluding carboxylic acids is 2. The van der Waals surface area contributed by atoms with Gasteiger partial charge in [0.2, 0.25) is 5.91 Å². The van der Waals surface area contributed by atoms with Crippen molar-refractivity contribution in [2.45, 2.75) is 33.9 Å². The van der Waals surface area contributed by atoms with Crippen molar-refractivity contribution < 1.29 is 18.8 Å². The average Bonchev–Trinajstić information content (AvgIpc) is 3.03. The summed E-state index contributed by atoms with van der Waals surface area (Å²) in [7, 11) is 0. The standard InChI is InChI=1S/C22H23N3O4/c1-14-21(15(2)29-25-14)13-28-20-9-7-18(8-10-20)22(27)24-19-6-4-5-17(11-19)12-23-16(3)26/h4-11H,12-13H2,1-3H3,(H,23,26)(H,24,27). The van der Waals surface area contributed by atoms with Crippen LogP contribution in [0, 0.1) is 13.8 Å². The molecule has 0 aliphatic carbocycles. The summed E-state index contributed by atoms with van der Waals surface area (Å²) in [6.07, 6.45) is 0. The first-order valence-electron chi connectivity index (χ1n) is 9.21. The van der Waals surface area contributed by atoms with Crippen molar-refractivity contribution in [1.29, 1.82) is 0 Å². The van der Waals surface area contributed by atoms with Gasteiger partial charge >= 0.3 is 0 Å². The Bertz CT molecular complexity index is 990. The Hall–Kier alpha value is -3.61. The third-order valence-electron chi connectivity index (χ3n) is 4.41. The Morgan fingerprint density at radius 3 is 2.52 bits per heavy atom. The number of rotatable bonds is 7. The maximum absolute atomic E-state index is 12.5. The van der Waals surface area contributed by atoms with Crippen LogP contribution in [0.25, 0.3) is 0 Å². The lowest BCUT2D eigenvalue weighted by Gasteiger charge is -2.09. The van der Waals surface area contributed by atoms with Crippen LogP contribution in [0.2, 0.25) is 0 Å². The molecule has 1 heterocycles. The van der Waals surface area contributed by atoms with E-state index >= 15 is 0 Å². The molecule has 0 aliphatic rings. The van der Waals surface area contributed by atoms with Gasteiger partial charge in [-0.3, -0.25) is 9.59 Å². The lowest BCUT2D eigenvalue weighted by molar-refractivity contribution is -0.119. The van der Waals surface area contributed by atoms with Gasteiger partial charge in [-0.25, -0.2) is 0 Å². The number of hydrogen-bond acceptors (Lipinski definition) is 5. The number of ether oxygens (including phenoxy) is 1. The molecule has 150 valence electrons. The number of nitrogens with one attached hydrogen (secondary N) is 2. The van der Waals surface area contributed by atoms with E-state index in [0.29, 0.717) is 30.2 Å². The van der Waals surface area contributed by atoms with E-state index in [1.165, 1.54) is 6.92 Å². The molecule has 3 rings (SSSR count). The first-order valence-corrected chi connectivity index (χ1v) is 9.21. The van der Waals surface area contributed by atoms with Crippen LogP contribution in [0.5, 0.6) is 5.75 Å². The minimum absolute atomic E-state index is 0.101. The lowest BCUT2D eigenvalue weighted by atomic mass is 10.1. The molecule has 0 spiro atoms. The van der Waals surface area contributed by atoms with E-state index in [-0.39, 0.29) is 11.8 Å². The molecule has 7 nitrogen and oxygen atoms in total. The molecule has 1 aromatic heterocycles. The second-order valence-corrected chi connectivity index (χ2v) is 6.68. The SMILES string of the molecule is CC(=O)NCc1cccc(NC(=O)c2ccc(OCc3c(C)noc3C)cc2)c1. The monoisotopic (exact) mass is 393 g/mol. The zero-order chi connectivity index (χ0) is 20.8. The second kappa shape index (κ2) is 9.05. The van der Waals surface area contributed by atoms with Gasteiger partial charge < -0.3 is 19.9 Å².